The van der Waals surface area contributed by atoms with Crippen molar-refractivity contribution in [3.63, 3.8) is 0 Å². The van der Waals surface area contributed by atoms with Gasteiger partial charge in [-0.1, -0.05) is 50.2 Å². The van der Waals surface area contributed by atoms with Crippen LogP contribution < -0.4 is 14.8 Å². The maximum absolute atomic E-state index is 12.0. The first kappa shape index (κ1) is 20.3. The number of carboxylic acids is 1. The van der Waals surface area contributed by atoms with Gasteiger partial charge in [0, 0.05) is 12.6 Å². The number of nitrogens with one attached hydrogen (secondary N) is 1. The summed E-state index contributed by atoms with van der Waals surface area (Å²) in [4.78, 5) is 23.5. The highest BCUT2D eigenvalue weighted by atomic mass is 16.5. The molecular formula is C21H25NO5. The van der Waals surface area contributed by atoms with Gasteiger partial charge in [-0.05, 0) is 23.6 Å². The van der Waals surface area contributed by atoms with Gasteiger partial charge in [0.1, 0.15) is 11.5 Å². The minimum Gasteiger partial charge on any atom is -0.493 e. The molecule has 0 aromatic heterocycles. The third-order valence-corrected chi connectivity index (χ3v) is 3.76. The van der Waals surface area contributed by atoms with E-state index in [0.29, 0.717) is 29.6 Å². The molecule has 2 aromatic rings. The quantitative estimate of drug-likeness (QED) is 0.670. The Balaban J connectivity index is 1.83. The summed E-state index contributed by atoms with van der Waals surface area (Å²) in [5.74, 6) is -0.570. The summed E-state index contributed by atoms with van der Waals surface area (Å²) in [6, 6.07) is 15.9. The zero-order valence-corrected chi connectivity index (χ0v) is 15.6. The Morgan fingerprint density at radius 1 is 1.00 bits per heavy atom. The molecule has 0 saturated heterocycles. The Kier molecular flexibility index (Phi) is 7.67. The first-order valence-electron chi connectivity index (χ1n) is 8.86. The van der Waals surface area contributed by atoms with E-state index in [1.54, 1.807) is 42.5 Å². The van der Waals surface area contributed by atoms with Crippen molar-refractivity contribution in [2.45, 2.75) is 19.8 Å². The molecule has 0 fully saturated rings. The van der Waals surface area contributed by atoms with E-state index in [2.05, 4.69) is 19.2 Å². The van der Waals surface area contributed by atoms with Crippen LogP contribution in [0.15, 0.2) is 54.6 Å². The molecule has 0 aliphatic rings. The molecule has 1 atom stereocenters. The van der Waals surface area contributed by atoms with Gasteiger partial charge in [0.2, 0.25) is 0 Å². The lowest BCUT2D eigenvalue weighted by atomic mass is 9.99. The monoisotopic (exact) mass is 371 g/mol. The third-order valence-electron chi connectivity index (χ3n) is 3.76. The number of hydrogen-bond acceptors (Lipinski definition) is 4. The van der Waals surface area contributed by atoms with E-state index in [-0.39, 0.29) is 19.1 Å². The Morgan fingerprint density at radius 2 is 1.67 bits per heavy atom. The summed E-state index contributed by atoms with van der Waals surface area (Å²) >= 11 is 0. The number of rotatable bonds is 10. The zero-order chi connectivity index (χ0) is 19.6. The number of benzene rings is 2. The van der Waals surface area contributed by atoms with Crippen LogP contribution in [0.3, 0.4) is 0 Å². The van der Waals surface area contributed by atoms with Crippen molar-refractivity contribution >= 4 is 11.9 Å². The van der Waals surface area contributed by atoms with E-state index in [4.69, 9.17) is 9.47 Å². The fourth-order valence-corrected chi connectivity index (χ4v) is 2.37. The number of carboxylic acid groups (broad SMARTS) is 1. The summed E-state index contributed by atoms with van der Waals surface area (Å²) in [5, 5.41) is 12.0. The molecular weight excluding hydrogens is 346 g/mol. The number of aliphatic carboxylic acids is 1. The van der Waals surface area contributed by atoms with Gasteiger partial charge < -0.3 is 19.9 Å². The van der Waals surface area contributed by atoms with Crippen molar-refractivity contribution in [3.05, 3.63) is 60.2 Å². The number of carbonyl (C=O) groups excluding carboxylic acids is 1. The topological polar surface area (TPSA) is 84.9 Å². The fraction of sp³-hybridized carbons (Fsp3) is 0.333. The number of amides is 1. The average Bonchev–Trinajstić information content (AvgIpc) is 2.66. The van der Waals surface area contributed by atoms with E-state index >= 15 is 0 Å². The first-order valence-corrected chi connectivity index (χ1v) is 8.86. The predicted molar refractivity (Wildman–Crippen MR) is 102 cm³/mol. The van der Waals surface area contributed by atoms with Crippen LogP contribution in [0.1, 0.15) is 25.3 Å². The van der Waals surface area contributed by atoms with Crippen molar-refractivity contribution in [2.75, 3.05) is 19.8 Å². The zero-order valence-electron chi connectivity index (χ0n) is 15.6. The molecule has 0 heterocycles. The summed E-state index contributed by atoms with van der Waals surface area (Å²) < 4.78 is 11.1. The largest absolute Gasteiger partial charge is 0.493 e. The molecule has 144 valence electrons. The maximum atomic E-state index is 12.0. The Hall–Kier alpha value is -3.02. The lowest BCUT2D eigenvalue weighted by Crippen LogP contribution is -2.34. The highest BCUT2D eigenvalue weighted by Gasteiger charge is 2.20. The van der Waals surface area contributed by atoms with E-state index in [9.17, 15) is 14.7 Å². The second-order valence-electron chi connectivity index (χ2n) is 6.57. The maximum Gasteiger partial charge on any atom is 0.312 e. The van der Waals surface area contributed by atoms with Gasteiger partial charge in [0.15, 0.2) is 6.61 Å². The number of hydrogen-bond donors (Lipinski definition) is 2. The van der Waals surface area contributed by atoms with Crippen LogP contribution in [0.4, 0.5) is 0 Å². The molecule has 0 spiro atoms. The predicted octanol–water partition coefficient (Wildman–Crippen LogP) is 3.08. The highest BCUT2D eigenvalue weighted by Crippen LogP contribution is 2.20. The molecule has 0 bridgehead atoms. The molecule has 6 nitrogen and oxygen atoms in total. The third kappa shape index (κ3) is 7.01. The molecule has 1 unspecified atom stereocenters. The molecule has 2 rings (SSSR count). The van der Waals surface area contributed by atoms with Crippen LogP contribution in [0.2, 0.25) is 0 Å². The molecule has 6 heteroatoms. The number of ether oxygens (including phenoxy) is 2. The summed E-state index contributed by atoms with van der Waals surface area (Å²) in [6.07, 6.45) is 0. The van der Waals surface area contributed by atoms with Gasteiger partial charge >= 0.3 is 5.97 Å². The Morgan fingerprint density at radius 3 is 2.30 bits per heavy atom. The van der Waals surface area contributed by atoms with Crippen molar-refractivity contribution in [1.82, 2.24) is 5.32 Å². The van der Waals surface area contributed by atoms with Gasteiger partial charge in [-0.2, -0.15) is 0 Å². The normalized spacial score (nSPS) is 11.7. The lowest BCUT2D eigenvalue weighted by molar-refractivity contribution is -0.138. The van der Waals surface area contributed by atoms with Gasteiger partial charge in [0.05, 0.1) is 12.5 Å². The van der Waals surface area contributed by atoms with E-state index < -0.39 is 11.9 Å². The van der Waals surface area contributed by atoms with E-state index in [0.717, 1.165) is 0 Å². The van der Waals surface area contributed by atoms with Gasteiger partial charge in [-0.25, -0.2) is 0 Å². The van der Waals surface area contributed by atoms with Crippen LogP contribution in [0.25, 0.3) is 0 Å². The average molecular weight is 371 g/mol. The molecule has 0 aliphatic heterocycles. The Bertz CT molecular complexity index is 745. The van der Waals surface area contributed by atoms with Gasteiger partial charge in [0.25, 0.3) is 5.91 Å². The van der Waals surface area contributed by atoms with Crippen LogP contribution in [-0.4, -0.2) is 36.7 Å². The highest BCUT2D eigenvalue weighted by molar-refractivity contribution is 5.80. The second kappa shape index (κ2) is 10.2. The molecule has 2 N–H and O–H groups in total. The van der Waals surface area contributed by atoms with Gasteiger partial charge in [-0.3, -0.25) is 9.59 Å². The molecule has 0 radical (unpaired) electrons. The van der Waals surface area contributed by atoms with Crippen molar-refractivity contribution in [1.29, 1.82) is 0 Å². The van der Waals surface area contributed by atoms with E-state index in [1.165, 1.54) is 0 Å². The van der Waals surface area contributed by atoms with Crippen molar-refractivity contribution < 1.29 is 24.2 Å². The molecule has 0 saturated carbocycles. The minimum absolute atomic E-state index is 0.000913. The fourth-order valence-electron chi connectivity index (χ4n) is 2.37. The van der Waals surface area contributed by atoms with Crippen LogP contribution in [-0.2, 0) is 9.59 Å². The van der Waals surface area contributed by atoms with Crippen LogP contribution in [0, 0.1) is 5.92 Å². The Labute approximate surface area is 159 Å². The smallest absolute Gasteiger partial charge is 0.312 e. The van der Waals surface area contributed by atoms with E-state index in [1.807, 2.05) is 12.1 Å². The SMILES string of the molecule is CC(C)COc1cccc(OCC(=O)NCC(C(=O)O)c2ccccc2)c1. The van der Waals surface area contributed by atoms with Gasteiger partial charge in [-0.15, -0.1) is 0 Å². The van der Waals surface area contributed by atoms with Crippen LogP contribution in [0.5, 0.6) is 11.5 Å². The molecule has 27 heavy (non-hydrogen) atoms. The molecule has 0 aliphatic carbocycles. The minimum atomic E-state index is -0.988. The molecule has 1 amide bonds. The summed E-state index contributed by atoms with van der Waals surface area (Å²) in [7, 11) is 0. The van der Waals surface area contributed by atoms with Crippen molar-refractivity contribution in [2.24, 2.45) is 5.92 Å². The first-order chi connectivity index (χ1) is 13.0. The summed E-state index contributed by atoms with van der Waals surface area (Å²) in [6.45, 7) is 4.52. The molecule has 2 aromatic carbocycles. The lowest BCUT2D eigenvalue weighted by Gasteiger charge is -2.14. The summed E-state index contributed by atoms with van der Waals surface area (Å²) in [5.41, 5.74) is 0.640. The standard InChI is InChI=1S/C21H25NO5/c1-15(2)13-26-17-9-6-10-18(11-17)27-14-20(23)22-12-19(21(24)25)16-7-4-3-5-8-16/h3-11,15,19H,12-14H2,1-2H3,(H,22,23)(H,24,25). The number of carbonyl (C=O) groups is 2. The van der Waals surface area contributed by atoms with Crippen LogP contribution >= 0.6 is 0 Å². The van der Waals surface area contributed by atoms with Crippen molar-refractivity contribution in [3.8, 4) is 11.5 Å². The second-order valence-corrected chi connectivity index (χ2v) is 6.57.